The van der Waals surface area contributed by atoms with Crippen molar-refractivity contribution in [3.05, 3.63) is 66.1 Å². The summed E-state index contributed by atoms with van der Waals surface area (Å²) in [6, 6.07) is 13.5. The first-order valence-corrected chi connectivity index (χ1v) is 11.8. The van der Waals surface area contributed by atoms with Crippen LogP contribution in [0.15, 0.2) is 54.9 Å². The van der Waals surface area contributed by atoms with Crippen LogP contribution in [0.25, 0.3) is 21.9 Å². The quantitative estimate of drug-likeness (QED) is 0.396. The number of aromatic nitrogens is 3. The number of hydrogen-bond acceptors (Lipinski definition) is 4. The highest BCUT2D eigenvalue weighted by Gasteiger charge is 2.38. The van der Waals surface area contributed by atoms with Gasteiger partial charge in [0, 0.05) is 45.0 Å². The first-order chi connectivity index (χ1) is 18.0. The molecular formula is C26H26F3N5O4. The summed E-state index contributed by atoms with van der Waals surface area (Å²) in [6.07, 6.45) is 0.761. The standard InChI is InChI=1S/C24H25N5O2.C2HF3O2/c1-27(2)24(31)29-21(23(30)26-14-16-9-11-25-12-10-16)13-20-22(29)18-5-3-4-6-19(18)28(20)15-17-7-8-17;3-2(4,5)1(6)7/h3-6,9-13,17H,7-8,14-15H2,1-2H3,(H,26,30);(H,6,7). The van der Waals surface area contributed by atoms with E-state index in [1.165, 1.54) is 17.7 Å². The fourth-order valence-electron chi connectivity index (χ4n) is 4.10. The monoisotopic (exact) mass is 529 g/mol. The Morgan fingerprint density at radius 1 is 1.08 bits per heavy atom. The summed E-state index contributed by atoms with van der Waals surface area (Å²) >= 11 is 0. The Labute approximate surface area is 215 Å². The number of nitrogens with one attached hydrogen (secondary N) is 1. The zero-order valence-corrected chi connectivity index (χ0v) is 20.7. The lowest BCUT2D eigenvalue weighted by Gasteiger charge is -2.15. The van der Waals surface area contributed by atoms with E-state index in [0.29, 0.717) is 18.2 Å². The van der Waals surface area contributed by atoms with E-state index in [0.717, 1.165) is 34.0 Å². The topological polar surface area (TPSA) is 109 Å². The van der Waals surface area contributed by atoms with Crippen molar-refractivity contribution in [2.45, 2.75) is 32.1 Å². The Hall–Kier alpha value is -4.35. The number of amides is 2. The maximum Gasteiger partial charge on any atom is 0.490 e. The number of carboxylic acid groups (broad SMARTS) is 1. The van der Waals surface area contributed by atoms with Gasteiger partial charge in [0.1, 0.15) is 5.69 Å². The molecule has 12 heteroatoms. The fourth-order valence-corrected chi connectivity index (χ4v) is 4.10. The average Bonchev–Trinajstić information content (AvgIpc) is 3.55. The van der Waals surface area contributed by atoms with Gasteiger partial charge in [-0.3, -0.25) is 14.3 Å². The second kappa shape index (κ2) is 10.6. The van der Waals surface area contributed by atoms with Crippen LogP contribution >= 0.6 is 0 Å². The van der Waals surface area contributed by atoms with Crippen molar-refractivity contribution in [2.24, 2.45) is 5.92 Å². The number of rotatable bonds is 5. The number of carboxylic acids is 1. The maximum absolute atomic E-state index is 13.2. The Balaban J connectivity index is 0.000000426. The van der Waals surface area contributed by atoms with Gasteiger partial charge in [-0.2, -0.15) is 13.2 Å². The normalized spacial score (nSPS) is 13.2. The predicted molar refractivity (Wildman–Crippen MR) is 134 cm³/mol. The van der Waals surface area contributed by atoms with Gasteiger partial charge in [0.05, 0.1) is 16.6 Å². The molecule has 0 atom stereocenters. The van der Waals surface area contributed by atoms with E-state index in [2.05, 4.69) is 20.9 Å². The second-order valence-electron chi connectivity index (χ2n) is 9.19. The molecule has 2 N–H and O–H groups in total. The third-order valence-corrected chi connectivity index (χ3v) is 6.11. The highest BCUT2D eigenvalue weighted by molar-refractivity contribution is 6.14. The van der Waals surface area contributed by atoms with E-state index in [9.17, 15) is 22.8 Å². The number of pyridine rings is 1. The number of nitrogens with zero attached hydrogens (tertiary/aromatic N) is 4. The Bertz CT molecular complexity index is 1490. The van der Waals surface area contributed by atoms with Crippen molar-refractivity contribution < 1.29 is 32.7 Å². The number of aliphatic carboxylic acids is 1. The summed E-state index contributed by atoms with van der Waals surface area (Å²) in [5, 5.41) is 11.1. The molecule has 3 aromatic heterocycles. The number of halogens is 3. The Morgan fingerprint density at radius 2 is 1.71 bits per heavy atom. The molecule has 0 unspecified atom stereocenters. The lowest BCUT2D eigenvalue weighted by Crippen LogP contribution is -2.32. The largest absolute Gasteiger partial charge is 0.490 e. The minimum Gasteiger partial charge on any atom is -0.475 e. The van der Waals surface area contributed by atoms with E-state index in [1.54, 1.807) is 31.1 Å². The van der Waals surface area contributed by atoms with E-state index in [-0.39, 0.29) is 11.9 Å². The van der Waals surface area contributed by atoms with Crippen LogP contribution in [0.2, 0.25) is 0 Å². The number of carbonyl (C=O) groups excluding carboxylic acids is 2. The molecule has 200 valence electrons. The molecule has 5 rings (SSSR count). The van der Waals surface area contributed by atoms with Crippen LogP contribution in [0, 0.1) is 5.92 Å². The molecule has 38 heavy (non-hydrogen) atoms. The van der Waals surface area contributed by atoms with Crippen LogP contribution in [0.5, 0.6) is 0 Å². The summed E-state index contributed by atoms with van der Waals surface area (Å²) in [5.74, 6) is -2.37. The lowest BCUT2D eigenvalue weighted by molar-refractivity contribution is -0.192. The van der Waals surface area contributed by atoms with Gasteiger partial charge in [-0.15, -0.1) is 0 Å². The summed E-state index contributed by atoms with van der Waals surface area (Å²) in [5.41, 5.74) is 4.13. The van der Waals surface area contributed by atoms with Gasteiger partial charge >= 0.3 is 18.2 Å². The number of carbonyl (C=O) groups is 3. The average molecular weight is 530 g/mol. The molecule has 1 aromatic carbocycles. The van der Waals surface area contributed by atoms with E-state index in [4.69, 9.17) is 9.90 Å². The van der Waals surface area contributed by atoms with E-state index in [1.807, 2.05) is 36.4 Å². The summed E-state index contributed by atoms with van der Waals surface area (Å²) in [6.45, 7) is 1.28. The molecule has 1 aliphatic rings. The zero-order valence-electron chi connectivity index (χ0n) is 20.7. The molecular weight excluding hydrogens is 503 g/mol. The number of hydrogen-bond donors (Lipinski definition) is 2. The molecule has 4 aromatic rings. The van der Waals surface area contributed by atoms with Crippen molar-refractivity contribution in [3.8, 4) is 0 Å². The van der Waals surface area contributed by atoms with Crippen molar-refractivity contribution in [2.75, 3.05) is 14.1 Å². The van der Waals surface area contributed by atoms with Gasteiger partial charge < -0.3 is 19.9 Å². The molecule has 0 radical (unpaired) electrons. The molecule has 3 heterocycles. The van der Waals surface area contributed by atoms with Gasteiger partial charge in [0.15, 0.2) is 0 Å². The third-order valence-electron chi connectivity index (χ3n) is 6.11. The summed E-state index contributed by atoms with van der Waals surface area (Å²) in [4.78, 5) is 40.8. The molecule has 2 amide bonds. The molecule has 1 aliphatic carbocycles. The fraction of sp³-hybridized carbons (Fsp3) is 0.308. The highest BCUT2D eigenvalue weighted by Crippen LogP contribution is 2.37. The highest BCUT2D eigenvalue weighted by atomic mass is 19.4. The van der Waals surface area contributed by atoms with Gasteiger partial charge in [-0.05, 0) is 48.6 Å². The number of para-hydroxylation sites is 1. The molecule has 1 saturated carbocycles. The van der Waals surface area contributed by atoms with Crippen LogP contribution in [0.4, 0.5) is 18.0 Å². The predicted octanol–water partition coefficient (Wildman–Crippen LogP) is 4.49. The van der Waals surface area contributed by atoms with Gasteiger partial charge in [0.25, 0.3) is 5.91 Å². The number of benzene rings is 1. The Kier molecular flexibility index (Phi) is 7.42. The van der Waals surface area contributed by atoms with Gasteiger partial charge in [0.2, 0.25) is 0 Å². The van der Waals surface area contributed by atoms with Crippen molar-refractivity contribution in [3.63, 3.8) is 0 Å². The third kappa shape index (κ3) is 5.63. The van der Waals surface area contributed by atoms with Crippen LogP contribution in [0.3, 0.4) is 0 Å². The van der Waals surface area contributed by atoms with Crippen LogP contribution in [-0.2, 0) is 17.9 Å². The molecule has 1 fully saturated rings. The van der Waals surface area contributed by atoms with Gasteiger partial charge in [-0.1, -0.05) is 18.2 Å². The van der Waals surface area contributed by atoms with Crippen LogP contribution in [-0.4, -0.2) is 62.3 Å². The second-order valence-corrected chi connectivity index (χ2v) is 9.19. The number of alkyl halides is 3. The molecule has 0 saturated heterocycles. The first kappa shape index (κ1) is 26.7. The van der Waals surface area contributed by atoms with Crippen molar-refractivity contribution >= 4 is 39.8 Å². The van der Waals surface area contributed by atoms with E-state index >= 15 is 0 Å². The Morgan fingerprint density at radius 3 is 2.29 bits per heavy atom. The van der Waals surface area contributed by atoms with Crippen molar-refractivity contribution in [1.82, 2.24) is 24.3 Å². The van der Waals surface area contributed by atoms with Gasteiger partial charge in [-0.25, -0.2) is 9.59 Å². The molecule has 9 nitrogen and oxygen atoms in total. The van der Waals surface area contributed by atoms with Crippen LogP contribution in [0.1, 0.15) is 28.9 Å². The minimum absolute atomic E-state index is 0.238. The first-order valence-electron chi connectivity index (χ1n) is 11.8. The minimum atomic E-state index is -5.08. The molecule has 0 spiro atoms. The SMILES string of the molecule is CN(C)C(=O)n1c(C(=O)NCc2ccncc2)cc2c1c1ccccc1n2CC1CC1.O=C(O)C(F)(F)F. The zero-order chi connectivity index (χ0) is 27.6. The molecule has 0 aliphatic heterocycles. The van der Waals surface area contributed by atoms with Crippen molar-refractivity contribution in [1.29, 1.82) is 0 Å². The van der Waals surface area contributed by atoms with E-state index < -0.39 is 12.1 Å². The molecule has 0 bridgehead atoms. The smallest absolute Gasteiger partial charge is 0.475 e. The number of fused-ring (bicyclic) bond motifs is 3. The maximum atomic E-state index is 13.2. The summed E-state index contributed by atoms with van der Waals surface area (Å²) in [7, 11) is 3.41. The van der Waals surface area contributed by atoms with Crippen LogP contribution < -0.4 is 5.32 Å². The lowest BCUT2D eigenvalue weighted by atomic mass is 10.2. The summed E-state index contributed by atoms with van der Waals surface area (Å²) < 4.78 is 35.6.